The van der Waals surface area contributed by atoms with Crippen LogP contribution in [-0.2, 0) is 6.54 Å². The van der Waals surface area contributed by atoms with Gasteiger partial charge in [0.2, 0.25) is 0 Å². The molecule has 2 unspecified atom stereocenters. The van der Waals surface area contributed by atoms with E-state index in [1.807, 2.05) is 12.3 Å². The molecular weight excluding hydrogens is 256 g/mol. The van der Waals surface area contributed by atoms with Crippen LogP contribution in [0.1, 0.15) is 48.4 Å². The second kappa shape index (κ2) is 6.86. The first kappa shape index (κ1) is 14.3. The lowest BCUT2D eigenvalue weighted by atomic mass is 9.80. The molecule has 1 fully saturated rings. The van der Waals surface area contributed by atoms with E-state index in [4.69, 9.17) is 0 Å². The SMILES string of the molecule is Cc1cccnc1CNC1CCCCC1c1ccccc1. The molecule has 0 spiro atoms. The van der Waals surface area contributed by atoms with Gasteiger partial charge in [-0.3, -0.25) is 4.98 Å². The largest absolute Gasteiger partial charge is 0.308 e. The van der Waals surface area contributed by atoms with Crippen LogP contribution in [0.25, 0.3) is 0 Å². The number of hydrogen-bond acceptors (Lipinski definition) is 2. The third kappa shape index (κ3) is 3.51. The average molecular weight is 280 g/mol. The number of pyridine rings is 1. The van der Waals surface area contributed by atoms with E-state index < -0.39 is 0 Å². The van der Waals surface area contributed by atoms with E-state index in [1.54, 1.807) is 0 Å². The van der Waals surface area contributed by atoms with Gasteiger partial charge in [0.1, 0.15) is 0 Å². The average Bonchev–Trinajstić information content (AvgIpc) is 2.55. The van der Waals surface area contributed by atoms with Crippen LogP contribution in [0.3, 0.4) is 0 Å². The minimum Gasteiger partial charge on any atom is -0.308 e. The summed E-state index contributed by atoms with van der Waals surface area (Å²) in [7, 11) is 0. The number of hydrogen-bond donors (Lipinski definition) is 1. The first-order valence-corrected chi connectivity index (χ1v) is 8.03. The number of nitrogens with zero attached hydrogens (tertiary/aromatic N) is 1. The van der Waals surface area contributed by atoms with Gasteiger partial charge in [0.25, 0.3) is 0 Å². The Morgan fingerprint density at radius 1 is 1.05 bits per heavy atom. The van der Waals surface area contributed by atoms with Crippen molar-refractivity contribution < 1.29 is 0 Å². The minimum atomic E-state index is 0.572. The van der Waals surface area contributed by atoms with Crippen LogP contribution in [0.4, 0.5) is 0 Å². The Hall–Kier alpha value is -1.67. The van der Waals surface area contributed by atoms with Crippen molar-refractivity contribution in [3.63, 3.8) is 0 Å². The predicted molar refractivity (Wildman–Crippen MR) is 87.3 cm³/mol. The highest BCUT2D eigenvalue weighted by Gasteiger charge is 2.25. The van der Waals surface area contributed by atoms with Crippen LogP contribution in [0.2, 0.25) is 0 Å². The molecule has 0 aliphatic heterocycles. The summed E-state index contributed by atoms with van der Waals surface area (Å²) in [4.78, 5) is 4.50. The van der Waals surface area contributed by atoms with Crippen LogP contribution in [0.15, 0.2) is 48.7 Å². The molecule has 21 heavy (non-hydrogen) atoms. The van der Waals surface area contributed by atoms with Crippen molar-refractivity contribution >= 4 is 0 Å². The Morgan fingerprint density at radius 3 is 2.67 bits per heavy atom. The summed E-state index contributed by atoms with van der Waals surface area (Å²) in [5, 5.41) is 3.76. The van der Waals surface area contributed by atoms with Crippen molar-refractivity contribution in [2.75, 3.05) is 0 Å². The van der Waals surface area contributed by atoms with Crippen molar-refractivity contribution in [1.82, 2.24) is 10.3 Å². The van der Waals surface area contributed by atoms with Crippen LogP contribution in [-0.4, -0.2) is 11.0 Å². The van der Waals surface area contributed by atoms with E-state index in [0.717, 1.165) is 6.54 Å². The summed E-state index contributed by atoms with van der Waals surface area (Å²) in [6.45, 7) is 3.01. The van der Waals surface area contributed by atoms with E-state index in [0.29, 0.717) is 12.0 Å². The monoisotopic (exact) mass is 280 g/mol. The molecule has 110 valence electrons. The lowest BCUT2D eigenvalue weighted by Gasteiger charge is -2.33. The fraction of sp³-hybridized carbons (Fsp3) is 0.421. The van der Waals surface area contributed by atoms with Crippen LogP contribution in [0, 0.1) is 6.92 Å². The van der Waals surface area contributed by atoms with Crippen molar-refractivity contribution in [3.05, 3.63) is 65.5 Å². The molecule has 0 radical (unpaired) electrons. The van der Waals surface area contributed by atoms with Gasteiger partial charge in [-0.05, 0) is 42.9 Å². The molecule has 1 aromatic heterocycles. The Labute approximate surface area is 127 Å². The Balaban J connectivity index is 1.69. The summed E-state index contributed by atoms with van der Waals surface area (Å²) in [5.74, 6) is 0.643. The zero-order chi connectivity index (χ0) is 14.5. The molecule has 2 atom stereocenters. The van der Waals surface area contributed by atoms with Crippen molar-refractivity contribution in [2.24, 2.45) is 0 Å². The summed E-state index contributed by atoms with van der Waals surface area (Å²) in [6.07, 6.45) is 7.14. The lowest BCUT2D eigenvalue weighted by Crippen LogP contribution is -2.37. The minimum absolute atomic E-state index is 0.572. The molecule has 1 saturated carbocycles. The summed E-state index contributed by atoms with van der Waals surface area (Å²) >= 11 is 0. The number of aromatic nitrogens is 1. The molecular formula is C19H24N2. The fourth-order valence-electron chi connectivity index (χ4n) is 3.41. The third-order valence-corrected chi connectivity index (χ3v) is 4.64. The van der Waals surface area contributed by atoms with Gasteiger partial charge >= 0.3 is 0 Å². The second-order valence-corrected chi connectivity index (χ2v) is 6.06. The Kier molecular flexibility index (Phi) is 4.66. The van der Waals surface area contributed by atoms with Crippen molar-refractivity contribution in [3.8, 4) is 0 Å². The second-order valence-electron chi connectivity index (χ2n) is 6.06. The van der Waals surface area contributed by atoms with Crippen LogP contribution < -0.4 is 5.32 Å². The maximum atomic E-state index is 4.50. The van der Waals surface area contributed by atoms with Gasteiger partial charge in [-0.2, -0.15) is 0 Å². The quantitative estimate of drug-likeness (QED) is 0.907. The zero-order valence-electron chi connectivity index (χ0n) is 12.8. The lowest BCUT2D eigenvalue weighted by molar-refractivity contribution is 0.325. The third-order valence-electron chi connectivity index (χ3n) is 4.64. The van der Waals surface area contributed by atoms with Gasteiger partial charge in [0.15, 0.2) is 0 Å². The number of benzene rings is 1. The van der Waals surface area contributed by atoms with E-state index in [1.165, 1.54) is 42.5 Å². The molecule has 2 heteroatoms. The first-order valence-electron chi connectivity index (χ1n) is 8.03. The van der Waals surface area contributed by atoms with Crippen molar-refractivity contribution in [1.29, 1.82) is 0 Å². The first-order chi connectivity index (χ1) is 10.3. The molecule has 1 aromatic carbocycles. The van der Waals surface area contributed by atoms with E-state index in [-0.39, 0.29) is 0 Å². The van der Waals surface area contributed by atoms with Crippen LogP contribution >= 0.6 is 0 Å². The normalized spacial score (nSPS) is 22.1. The van der Waals surface area contributed by atoms with E-state index >= 15 is 0 Å². The molecule has 1 heterocycles. The van der Waals surface area contributed by atoms with Gasteiger partial charge < -0.3 is 5.32 Å². The molecule has 0 saturated heterocycles. The van der Waals surface area contributed by atoms with Gasteiger partial charge in [-0.25, -0.2) is 0 Å². The van der Waals surface area contributed by atoms with E-state index in [2.05, 4.69) is 53.6 Å². The summed E-state index contributed by atoms with van der Waals surface area (Å²) < 4.78 is 0. The molecule has 2 nitrogen and oxygen atoms in total. The summed E-state index contributed by atoms with van der Waals surface area (Å²) in [5.41, 5.74) is 3.93. The molecule has 1 aliphatic carbocycles. The van der Waals surface area contributed by atoms with Crippen LogP contribution in [0.5, 0.6) is 0 Å². The number of rotatable bonds is 4. The number of nitrogens with one attached hydrogen (secondary N) is 1. The highest BCUT2D eigenvalue weighted by molar-refractivity contribution is 5.22. The zero-order valence-corrected chi connectivity index (χ0v) is 12.8. The highest BCUT2D eigenvalue weighted by Crippen LogP contribution is 2.33. The highest BCUT2D eigenvalue weighted by atomic mass is 14.9. The van der Waals surface area contributed by atoms with E-state index in [9.17, 15) is 0 Å². The fourth-order valence-corrected chi connectivity index (χ4v) is 3.41. The van der Waals surface area contributed by atoms with Gasteiger partial charge in [-0.1, -0.05) is 49.2 Å². The van der Waals surface area contributed by atoms with Gasteiger partial charge in [0, 0.05) is 18.8 Å². The maximum absolute atomic E-state index is 4.50. The van der Waals surface area contributed by atoms with Crippen molar-refractivity contribution in [2.45, 2.75) is 51.1 Å². The molecule has 3 rings (SSSR count). The molecule has 0 amide bonds. The standard InChI is InChI=1S/C19H24N2/c1-15-8-7-13-20-19(15)14-21-18-12-6-5-11-17(18)16-9-3-2-4-10-16/h2-4,7-10,13,17-18,21H,5-6,11-12,14H2,1H3. The maximum Gasteiger partial charge on any atom is 0.0570 e. The Morgan fingerprint density at radius 2 is 1.86 bits per heavy atom. The van der Waals surface area contributed by atoms with Gasteiger partial charge in [-0.15, -0.1) is 0 Å². The van der Waals surface area contributed by atoms with Gasteiger partial charge in [0.05, 0.1) is 5.69 Å². The smallest absolute Gasteiger partial charge is 0.0570 e. The Bertz CT molecular complexity index is 565. The molecule has 0 bridgehead atoms. The summed E-state index contributed by atoms with van der Waals surface area (Å²) in [6, 6.07) is 15.7. The molecule has 2 aromatic rings. The molecule has 1 N–H and O–H groups in total. The molecule has 1 aliphatic rings. The topological polar surface area (TPSA) is 24.9 Å². The predicted octanol–water partition coefficient (Wildman–Crippen LogP) is 4.21. The number of aryl methyl sites for hydroxylation is 1.